The second-order valence-electron chi connectivity index (χ2n) is 13.5. The van der Waals surface area contributed by atoms with Crippen LogP contribution in [0.4, 0.5) is 17.6 Å². The number of alkyl halides is 3. The van der Waals surface area contributed by atoms with E-state index in [0.717, 1.165) is 30.0 Å². The fraction of sp³-hybridized carbons (Fsp3) is 0.471. The number of esters is 1. The van der Waals surface area contributed by atoms with Crippen LogP contribution in [-0.2, 0) is 27.8 Å². The summed E-state index contributed by atoms with van der Waals surface area (Å²) in [5, 5.41) is 7.42. The lowest BCUT2D eigenvalue weighted by Crippen LogP contribution is -2.44. The molecule has 0 radical (unpaired) electrons. The average Bonchev–Trinajstić information content (AvgIpc) is 3.67. The maximum absolute atomic E-state index is 15.7. The van der Waals surface area contributed by atoms with Crippen molar-refractivity contribution in [3.05, 3.63) is 75.2 Å². The van der Waals surface area contributed by atoms with Crippen molar-refractivity contribution in [2.45, 2.75) is 95.4 Å². The number of nitrogens with zero attached hydrogens (tertiary/aromatic N) is 2. The van der Waals surface area contributed by atoms with Crippen LogP contribution in [0.25, 0.3) is 11.3 Å². The zero-order valence-electron chi connectivity index (χ0n) is 25.7. The highest BCUT2D eigenvalue weighted by Crippen LogP contribution is 2.60. The van der Waals surface area contributed by atoms with Crippen molar-refractivity contribution in [1.29, 1.82) is 0 Å². The van der Waals surface area contributed by atoms with E-state index in [9.17, 15) is 27.6 Å². The molecule has 1 amide bonds. The van der Waals surface area contributed by atoms with Gasteiger partial charge in [-0.25, -0.2) is 9.18 Å². The van der Waals surface area contributed by atoms with E-state index in [1.807, 2.05) is 0 Å². The van der Waals surface area contributed by atoms with Crippen molar-refractivity contribution in [1.82, 2.24) is 15.1 Å². The normalized spacial score (nSPS) is 19.2. The number of amides is 1. The Labute approximate surface area is 268 Å². The molecular weight excluding hydrogens is 626 g/mol. The summed E-state index contributed by atoms with van der Waals surface area (Å²) < 4.78 is 64.9. The lowest BCUT2D eigenvalue weighted by Gasteiger charge is -2.29. The second-order valence-corrected chi connectivity index (χ2v) is 13.9. The molecule has 7 nitrogen and oxygen atoms in total. The first-order valence-electron chi connectivity index (χ1n) is 15.4. The van der Waals surface area contributed by atoms with E-state index in [4.69, 9.17) is 16.3 Å². The Morgan fingerprint density at radius 3 is 2.37 bits per heavy atom. The first kappa shape index (κ1) is 32.2. The van der Waals surface area contributed by atoms with Crippen LogP contribution in [0.1, 0.15) is 96.8 Å². The van der Waals surface area contributed by atoms with E-state index >= 15 is 4.39 Å². The summed E-state index contributed by atoms with van der Waals surface area (Å²) in [6.07, 6.45) is -1.39. The summed E-state index contributed by atoms with van der Waals surface area (Å²) in [4.78, 5) is 39.6. The number of halogens is 5. The van der Waals surface area contributed by atoms with E-state index < -0.39 is 34.9 Å². The number of hydrogen-bond acceptors (Lipinski definition) is 5. The van der Waals surface area contributed by atoms with Gasteiger partial charge in [0.1, 0.15) is 11.4 Å². The van der Waals surface area contributed by atoms with Crippen molar-refractivity contribution < 1.29 is 36.7 Å². The Hall–Kier alpha value is -3.73. The largest absolute Gasteiger partial charge is 0.456 e. The van der Waals surface area contributed by atoms with Crippen molar-refractivity contribution in [3.63, 3.8) is 0 Å². The average molecular weight is 660 g/mol. The molecule has 2 aromatic carbocycles. The highest BCUT2D eigenvalue weighted by molar-refractivity contribution is 6.34. The maximum Gasteiger partial charge on any atom is 0.398 e. The van der Waals surface area contributed by atoms with E-state index in [1.165, 1.54) is 30.3 Å². The van der Waals surface area contributed by atoms with Gasteiger partial charge in [0.05, 0.1) is 33.0 Å². The Morgan fingerprint density at radius 1 is 1.07 bits per heavy atom. The summed E-state index contributed by atoms with van der Waals surface area (Å²) in [7, 11) is 0. The standard InChI is InChI=1S/C34H34ClF4N3O4/c1-32(2,3)46-31(45)19-10-12-21(25(36)16-19)28-22-13-11-20(40-29(43)18-6-4-7-18)17-26(22)42(41-28)30(44)27-23(8-5-9-24(27)35)33(14-15-33)34(37,38)39/h5,8-10,12,16,18,20H,4,6-7,11,13-15,17H2,1-3H3,(H,40,43). The zero-order valence-corrected chi connectivity index (χ0v) is 26.4. The van der Waals surface area contributed by atoms with Gasteiger partial charge in [0.25, 0.3) is 5.91 Å². The molecular formula is C34H34ClF4N3O4. The topological polar surface area (TPSA) is 90.3 Å². The van der Waals surface area contributed by atoms with E-state index in [1.54, 1.807) is 20.8 Å². The predicted molar refractivity (Wildman–Crippen MR) is 162 cm³/mol. The zero-order chi connectivity index (χ0) is 33.2. The number of ether oxygens (including phenoxy) is 1. The number of carbonyl (C=O) groups is 3. The SMILES string of the molecule is CC(C)(C)OC(=O)c1ccc(-c2nn(C(=O)c3c(Cl)cccc3C3(C(F)(F)F)CC3)c3c2CCC(NC(=O)C2CCC2)C3)c(F)c1. The Bertz CT molecular complexity index is 1730. The van der Waals surface area contributed by atoms with Gasteiger partial charge >= 0.3 is 12.1 Å². The van der Waals surface area contributed by atoms with Gasteiger partial charge < -0.3 is 10.1 Å². The Balaban J connectivity index is 1.43. The third-order valence-electron chi connectivity index (χ3n) is 9.18. The fourth-order valence-electron chi connectivity index (χ4n) is 6.36. The van der Waals surface area contributed by atoms with Crippen LogP contribution < -0.4 is 5.32 Å². The number of fused-ring (bicyclic) bond motifs is 1. The molecule has 3 aliphatic carbocycles. The monoisotopic (exact) mass is 659 g/mol. The second kappa shape index (κ2) is 11.5. The number of carbonyl (C=O) groups excluding carboxylic acids is 3. The van der Waals surface area contributed by atoms with Crippen LogP contribution >= 0.6 is 11.6 Å². The minimum atomic E-state index is -4.60. The van der Waals surface area contributed by atoms with Crippen LogP contribution in [0, 0.1) is 11.7 Å². The molecule has 0 bridgehead atoms. The van der Waals surface area contributed by atoms with Gasteiger partial charge in [0.15, 0.2) is 0 Å². The summed E-state index contributed by atoms with van der Waals surface area (Å²) in [5.41, 5.74) is -2.48. The van der Waals surface area contributed by atoms with Gasteiger partial charge in [-0.1, -0.05) is 30.2 Å². The molecule has 0 aliphatic heterocycles. The fourth-order valence-corrected chi connectivity index (χ4v) is 6.61. The minimum absolute atomic E-state index is 0.0121. The number of aromatic nitrogens is 2. The molecule has 3 aromatic rings. The summed E-state index contributed by atoms with van der Waals surface area (Å²) in [5.74, 6) is -2.50. The molecule has 3 aliphatic rings. The quantitative estimate of drug-likeness (QED) is 0.221. The highest BCUT2D eigenvalue weighted by Gasteiger charge is 2.65. The molecule has 0 spiro atoms. The summed E-state index contributed by atoms with van der Waals surface area (Å²) >= 11 is 6.45. The molecule has 244 valence electrons. The first-order chi connectivity index (χ1) is 21.6. The van der Waals surface area contributed by atoms with Gasteiger partial charge in [-0.3, -0.25) is 9.59 Å². The number of benzene rings is 2. The van der Waals surface area contributed by atoms with E-state index in [0.29, 0.717) is 24.1 Å². The Kier molecular flexibility index (Phi) is 8.06. The van der Waals surface area contributed by atoms with Gasteiger partial charge in [0.2, 0.25) is 5.91 Å². The highest BCUT2D eigenvalue weighted by atomic mass is 35.5. The molecule has 6 rings (SSSR count). The Morgan fingerprint density at radius 2 is 1.78 bits per heavy atom. The van der Waals surface area contributed by atoms with Gasteiger partial charge in [-0.15, -0.1) is 0 Å². The molecule has 46 heavy (non-hydrogen) atoms. The molecule has 0 saturated heterocycles. The van der Waals surface area contributed by atoms with Crippen LogP contribution in [0.5, 0.6) is 0 Å². The number of hydrogen-bond donors (Lipinski definition) is 1. The van der Waals surface area contributed by atoms with Crippen molar-refractivity contribution in [2.75, 3.05) is 0 Å². The van der Waals surface area contributed by atoms with E-state index in [-0.39, 0.29) is 70.1 Å². The molecule has 1 atom stereocenters. The third kappa shape index (κ3) is 5.82. The molecule has 12 heteroatoms. The number of nitrogens with one attached hydrogen (secondary N) is 1. The molecule has 1 heterocycles. The van der Waals surface area contributed by atoms with Crippen LogP contribution in [-0.4, -0.2) is 45.4 Å². The molecule has 1 N–H and O–H groups in total. The van der Waals surface area contributed by atoms with Crippen molar-refractivity contribution >= 4 is 29.4 Å². The van der Waals surface area contributed by atoms with Crippen LogP contribution in [0.3, 0.4) is 0 Å². The van der Waals surface area contributed by atoms with Gasteiger partial charge in [-0.2, -0.15) is 23.0 Å². The smallest absolute Gasteiger partial charge is 0.398 e. The maximum atomic E-state index is 15.7. The predicted octanol–water partition coefficient (Wildman–Crippen LogP) is 7.35. The molecule has 1 aromatic heterocycles. The van der Waals surface area contributed by atoms with Crippen molar-refractivity contribution in [2.24, 2.45) is 5.92 Å². The minimum Gasteiger partial charge on any atom is -0.456 e. The molecule has 2 fully saturated rings. The summed E-state index contributed by atoms with van der Waals surface area (Å²) in [6, 6.07) is 7.47. The van der Waals surface area contributed by atoms with Crippen LogP contribution in [0.15, 0.2) is 36.4 Å². The lowest BCUT2D eigenvalue weighted by atomic mass is 9.83. The van der Waals surface area contributed by atoms with Crippen LogP contribution in [0.2, 0.25) is 5.02 Å². The lowest BCUT2D eigenvalue weighted by molar-refractivity contribution is -0.160. The van der Waals surface area contributed by atoms with Gasteiger partial charge in [0, 0.05) is 29.5 Å². The first-order valence-corrected chi connectivity index (χ1v) is 15.8. The molecule has 2 saturated carbocycles. The van der Waals surface area contributed by atoms with Gasteiger partial charge in [-0.05, 0) is 89.1 Å². The third-order valence-corrected chi connectivity index (χ3v) is 9.50. The number of rotatable bonds is 6. The summed E-state index contributed by atoms with van der Waals surface area (Å²) in [6.45, 7) is 5.08. The van der Waals surface area contributed by atoms with E-state index in [2.05, 4.69) is 10.4 Å². The molecule has 1 unspecified atom stereocenters. The van der Waals surface area contributed by atoms with Crippen molar-refractivity contribution in [3.8, 4) is 11.3 Å².